The monoisotopic (exact) mass is 241 g/mol. The van der Waals surface area contributed by atoms with E-state index >= 15 is 0 Å². The van der Waals surface area contributed by atoms with Crippen LogP contribution in [0.3, 0.4) is 0 Å². The Bertz CT molecular complexity index is 539. The molecule has 0 saturated carbocycles. The van der Waals surface area contributed by atoms with E-state index in [0.717, 1.165) is 6.42 Å². The van der Waals surface area contributed by atoms with Gasteiger partial charge in [0.2, 0.25) is 0 Å². The van der Waals surface area contributed by atoms with E-state index in [0.29, 0.717) is 6.04 Å². The van der Waals surface area contributed by atoms with E-state index in [9.17, 15) is 0 Å². The highest BCUT2D eigenvalue weighted by atomic mass is 15.3. The van der Waals surface area contributed by atoms with Gasteiger partial charge in [0.05, 0.1) is 11.9 Å². The van der Waals surface area contributed by atoms with Crippen molar-refractivity contribution in [3.8, 4) is 5.69 Å². The second-order valence-corrected chi connectivity index (χ2v) is 5.03. The molecule has 0 saturated heterocycles. The number of benzene rings is 1. The molecule has 1 atom stereocenters. The Morgan fingerprint density at radius 3 is 2.78 bits per heavy atom. The van der Waals surface area contributed by atoms with Crippen molar-refractivity contribution in [1.29, 1.82) is 0 Å². The molecule has 1 aromatic carbocycles. The summed E-state index contributed by atoms with van der Waals surface area (Å²) < 4.78 is 2.10. The Labute approximate surface area is 108 Å². The summed E-state index contributed by atoms with van der Waals surface area (Å²) in [5.74, 6) is 0. The number of hydrogen-bond donors (Lipinski definition) is 1. The quantitative estimate of drug-likeness (QED) is 0.876. The minimum atomic E-state index is 0.466. The lowest BCUT2D eigenvalue weighted by Gasteiger charge is -2.22. The Kier molecular flexibility index (Phi) is 2.92. The third-order valence-electron chi connectivity index (χ3n) is 3.81. The summed E-state index contributed by atoms with van der Waals surface area (Å²) in [6.07, 6.45) is 5.59. The second-order valence-electron chi connectivity index (χ2n) is 5.03. The third kappa shape index (κ3) is 1.85. The summed E-state index contributed by atoms with van der Waals surface area (Å²) in [6, 6.07) is 9.04. The Morgan fingerprint density at radius 2 is 2.06 bits per heavy atom. The summed E-state index contributed by atoms with van der Waals surface area (Å²) in [5.41, 5.74) is 5.18. The predicted molar refractivity (Wildman–Crippen MR) is 73.0 cm³/mol. The van der Waals surface area contributed by atoms with Crippen LogP contribution >= 0.6 is 0 Å². The molecule has 1 aromatic heterocycles. The fourth-order valence-electron chi connectivity index (χ4n) is 2.77. The maximum atomic E-state index is 4.57. The maximum Gasteiger partial charge on any atom is 0.0649 e. The van der Waals surface area contributed by atoms with Crippen molar-refractivity contribution in [1.82, 2.24) is 15.1 Å². The lowest BCUT2D eigenvalue weighted by atomic mass is 9.93. The third-order valence-corrected chi connectivity index (χ3v) is 3.81. The maximum absolute atomic E-state index is 4.57. The molecule has 3 rings (SSSR count). The highest BCUT2D eigenvalue weighted by molar-refractivity contribution is 5.38. The lowest BCUT2D eigenvalue weighted by Crippen LogP contribution is -2.21. The van der Waals surface area contributed by atoms with Gasteiger partial charge in [0.1, 0.15) is 0 Å². The minimum absolute atomic E-state index is 0.466. The zero-order chi connectivity index (χ0) is 12.5. The van der Waals surface area contributed by atoms with Gasteiger partial charge in [0, 0.05) is 17.3 Å². The molecule has 1 aliphatic carbocycles. The van der Waals surface area contributed by atoms with E-state index in [-0.39, 0.29) is 0 Å². The molecule has 1 aliphatic rings. The molecule has 0 radical (unpaired) electrons. The van der Waals surface area contributed by atoms with Crippen LogP contribution in [0.2, 0.25) is 0 Å². The van der Waals surface area contributed by atoms with Gasteiger partial charge < -0.3 is 5.32 Å². The fraction of sp³-hybridized carbons (Fsp3) is 0.400. The van der Waals surface area contributed by atoms with E-state index in [2.05, 4.69) is 46.3 Å². The minimum Gasteiger partial charge on any atom is -0.313 e. The van der Waals surface area contributed by atoms with E-state index in [4.69, 9.17) is 0 Å². The topological polar surface area (TPSA) is 29.9 Å². The van der Waals surface area contributed by atoms with Crippen LogP contribution in [0.4, 0.5) is 0 Å². The molecule has 2 aromatic rings. The zero-order valence-corrected chi connectivity index (χ0v) is 11.0. The normalized spacial score (nSPS) is 18.7. The molecule has 0 spiro atoms. The van der Waals surface area contributed by atoms with Gasteiger partial charge in [-0.2, -0.15) is 5.10 Å². The van der Waals surface area contributed by atoms with E-state index in [1.165, 1.54) is 35.3 Å². The predicted octanol–water partition coefficient (Wildman–Crippen LogP) is 2.78. The van der Waals surface area contributed by atoms with Crippen LogP contribution in [0.5, 0.6) is 0 Å². The number of rotatable bonds is 2. The number of aromatic nitrogens is 2. The Morgan fingerprint density at radius 1 is 1.28 bits per heavy atom. The van der Waals surface area contributed by atoms with Gasteiger partial charge in [-0.15, -0.1) is 0 Å². The van der Waals surface area contributed by atoms with Gasteiger partial charge >= 0.3 is 0 Å². The first-order valence-corrected chi connectivity index (χ1v) is 6.60. The van der Waals surface area contributed by atoms with Crippen molar-refractivity contribution < 1.29 is 0 Å². The number of aryl methyl sites for hydroxylation is 1. The molecule has 0 bridgehead atoms. The molecule has 0 fully saturated rings. The Hall–Kier alpha value is -1.61. The van der Waals surface area contributed by atoms with Crippen LogP contribution in [-0.4, -0.2) is 16.8 Å². The van der Waals surface area contributed by atoms with E-state index in [1.807, 2.05) is 13.2 Å². The highest BCUT2D eigenvalue weighted by Gasteiger charge is 2.23. The van der Waals surface area contributed by atoms with E-state index in [1.54, 1.807) is 0 Å². The van der Waals surface area contributed by atoms with Crippen LogP contribution in [0, 0.1) is 6.92 Å². The first-order chi connectivity index (χ1) is 8.79. The summed E-state index contributed by atoms with van der Waals surface area (Å²) in [4.78, 5) is 0. The summed E-state index contributed by atoms with van der Waals surface area (Å²) in [6.45, 7) is 2.11. The standard InChI is InChI=1S/C15H19N3/c1-11-6-8-12(9-7-11)18-15-5-3-4-14(16-2)13(15)10-17-18/h6-10,14,16H,3-5H2,1-2H3. The van der Waals surface area contributed by atoms with Gasteiger partial charge in [-0.25, -0.2) is 4.68 Å². The molecular weight excluding hydrogens is 222 g/mol. The molecule has 94 valence electrons. The molecule has 0 amide bonds. The molecule has 1 unspecified atom stereocenters. The fourth-order valence-corrected chi connectivity index (χ4v) is 2.77. The molecule has 1 N–H and O–H groups in total. The van der Waals surface area contributed by atoms with Crippen LogP contribution < -0.4 is 5.32 Å². The molecule has 1 heterocycles. The Balaban J connectivity index is 2.04. The van der Waals surface area contributed by atoms with Gasteiger partial charge in [0.15, 0.2) is 0 Å². The number of nitrogens with zero attached hydrogens (tertiary/aromatic N) is 2. The number of nitrogens with one attached hydrogen (secondary N) is 1. The largest absolute Gasteiger partial charge is 0.313 e. The van der Waals surface area contributed by atoms with Crippen molar-refractivity contribution >= 4 is 0 Å². The summed E-state index contributed by atoms with van der Waals surface area (Å²) in [5, 5.41) is 7.95. The van der Waals surface area contributed by atoms with Crippen LogP contribution in [0.15, 0.2) is 30.5 Å². The second kappa shape index (κ2) is 4.58. The highest BCUT2D eigenvalue weighted by Crippen LogP contribution is 2.30. The lowest BCUT2D eigenvalue weighted by molar-refractivity contribution is 0.490. The first kappa shape index (κ1) is 11.5. The number of fused-ring (bicyclic) bond motifs is 1. The van der Waals surface area contributed by atoms with Crippen molar-refractivity contribution in [2.24, 2.45) is 0 Å². The van der Waals surface area contributed by atoms with Gasteiger partial charge in [-0.05, 0) is 45.4 Å². The van der Waals surface area contributed by atoms with Crippen LogP contribution in [0.1, 0.15) is 35.7 Å². The van der Waals surface area contributed by atoms with Gasteiger partial charge in [-0.3, -0.25) is 0 Å². The zero-order valence-electron chi connectivity index (χ0n) is 11.0. The van der Waals surface area contributed by atoms with Crippen LogP contribution in [0.25, 0.3) is 5.69 Å². The molecule has 18 heavy (non-hydrogen) atoms. The van der Waals surface area contributed by atoms with Crippen LogP contribution in [-0.2, 0) is 6.42 Å². The van der Waals surface area contributed by atoms with Crippen molar-refractivity contribution in [3.05, 3.63) is 47.3 Å². The average molecular weight is 241 g/mol. The average Bonchev–Trinajstić information content (AvgIpc) is 2.83. The van der Waals surface area contributed by atoms with Gasteiger partial charge in [-0.1, -0.05) is 17.7 Å². The molecule has 3 nitrogen and oxygen atoms in total. The first-order valence-electron chi connectivity index (χ1n) is 6.60. The smallest absolute Gasteiger partial charge is 0.0649 e. The van der Waals surface area contributed by atoms with Gasteiger partial charge in [0.25, 0.3) is 0 Å². The summed E-state index contributed by atoms with van der Waals surface area (Å²) >= 11 is 0. The SMILES string of the molecule is CNC1CCCc2c1cnn2-c1ccc(C)cc1. The molecule has 0 aliphatic heterocycles. The molecule has 3 heteroatoms. The molecular formula is C15H19N3. The van der Waals surface area contributed by atoms with E-state index < -0.39 is 0 Å². The van der Waals surface area contributed by atoms with Crippen molar-refractivity contribution in [2.75, 3.05) is 7.05 Å². The number of hydrogen-bond acceptors (Lipinski definition) is 2. The van der Waals surface area contributed by atoms with Crippen molar-refractivity contribution in [3.63, 3.8) is 0 Å². The summed E-state index contributed by atoms with van der Waals surface area (Å²) in [7, 11) is 2.03. The van der Waals surface area contributed by atoms with Crippen molar-refractivity contribution in [2.45, 2.75) is 32.2 Å².